The Morgan fingerprint density at radius 3 is 2.68 bits per heavy atom. The number of anilines is 2. The Morgan fingerprint density at radius 2 is 2.00 bits per heavy atom. The van der Waals surface area contributed by atoms with Gasteiger partial charge in [-0.2, -0.15) is 10.2 Å². The second kappa shape index (κ2) is 8.83. The Hall–Kier alpha value is -3.27. The number of rotatable bonds is 8. The summed E-state index contributed by atoms with van der Waals surface area (Å²) in [6.45, 7) is 4.17. The van der Waals surface area contributed by atoms with Gasteiger partial charge in [0.05, 0.1) is 17.9 Å². The molecule has 2 aliphatic carbocycles. The van der Waals surface area contributed by atoms with E-state index >= 15 is 0 Å². The van der Waals surface area contributed by atoms with E-state index in [0.717, 1.165) is 38.5 Å². The average molecular weight is 466 g/mol. The molecule has 0 spiro atoms. The molecule has 0 unspecified atom stereocenters. The number of nitrogens with one attached hydrogen (secondary N) is 2. The molecule has 34 heavy (non-hydrogen) atoms. The maximum absolute atomic E-state index is 13.2. The molecule has 5 rings (SSSR count). The van der Waals surface area contributed by atoms with E-state index in [1.54, 1.807) is 30.8 Å². The quantitative estimate of drug-likeness (QED) is 0.436. The standard InChI is InChI=1S/C24H31N7O3/c1-24(2,34)21-19(13-31(29-21)17-7-5-16(14-32)6-8-17)27-23(33)18-12-26-30-10-9-20(28-22(18)30)25-11-15-3-4-15/h9-10,12-17,34H,3-8,11H2,1-2H3,(H,25,28)(H,27,33)/t16-,17-. The lowest BCUT2D eigenvalue weighted by atomic mass is 9.87. The molecular weight excluding hydrogens is 434 g/mol. The highest BCUT2D eigenvalue weighted by molar-refractivity contribution is 6.08. The van der Waals surface area contributed by atoms with Crippen molar-refractivity contribution in [3.8, 4) is 0 Å². The van der Waals surface area contributed by atoms with E-state index in [1.165, 1.54) is 19.0 Å². The first kappa shape index (κ1) is 22.5. The summed E-state index contributed by atoms with van der Waals surface area (Å²) in [5.41, 5.74) is 0.415. The van der Waals surface area contributed by atoms with Gasteiger partial charge < -0.3 is 20.5 Å². The second-order valence-corrected chi connectivity index (χ2v) is 10.1. The van der Waals surface area contributed by atoms with Gasteiger partial charge in [-0.25, -0.2) is 9.50 Å². The summed E-state index contributed by atoms with van der Waals surface area (Å²) in [5, 5.41) is 25.9. The molecule has 180 valence electrons. The van der Waals surface area contributed by atoms with E-state index in [2.05, 4.69) is 25.8 Å². The highest BCUT2D eigenvalue weighted by Crippen LogP contribution is 2.34. The normalized spacial score (nSPS) is 20.9. The topological polar surface area (TPSA) is 126 Å². The largest absolute Gasteiger partial charge is 0.384 e. The summed E-state index contributed by atoms with van der Waals surface area (Å²) in [5.74, 6) is 1.16. The molecule has 3 N–H and O–H groups in total. The number of fused-ring (bicyclic) bond motifs is 1. The number of amides is 1. The van der Waals surface area contributed by atoms with Gasteiger partial charge in [-0.05, 0) is 64.4 Å². The van der Waals surface area contributed by atoms with Crippen LogP contribution in [0.15, 0.2) is 24.7 Å². The summed E-state index contributed by atoms with van der Waals surface area (Å²) in [4.78, 5) is 28.9. The Labute approximate surface area is 197 Å². The van der Waals surface area contributed by atoms with Crippen molar-refractivity contribution in [3.63, 3.8) is 0 Å². The fourth-order valence-electron chi connectivity index (χ4n) is 4.51. The predicted octanol–water partition coefficient (Wildman–Crippen LogP) is 3.16. The molecular formula is C24H31N7O3. The molecule has 3 heterocycles. The third-order valence-electron chi connectivity index (χ3n) is 6.75. The molecule has 0 aliphatic heterocycles. The van der Waals surface area contributed by atoms with E-state index in [1.807, 2.05) is 10.7 Å². The van der Waals surface area contributed by atoms with E-state index in [9.17, 15) is 14.7 Å². The Balaban J connectivity index is 1.38. The summed E-state index contributed by atoms with van der Waals surface area (Å²) in [6, 6.07) is 1.97. The van der Waals surface area contributed by atoms with Crippen molar-refractivity contribution in [1.82, 2.24) is 24.4 Å². The molecule has 1 amide bonds. The van der Waals surface area contributed by atoms with Crippen LogP contribution in [0.5, 0.6) is 0 Å². The number of hydrogen-bond donors (Lipinski definition) is 3. The highest BCUT2D eigenvalue weighted by atomic mass is 16.3. The van der Waals surface area contributed by atoms with Crippen LogP contribution >= 0.6 is 0 Å². The third kappa shape index (κ3) is 4.68. The first-order valence-electron chi connectivity index (χ1n) is 12.0. The molecule has 0 radical (unpaired) electrons. The second-order valence-electron chi connectivity index (χ2n) is 10.1. The summed E-state index contributed by atoms with van der Waals surface area (Å²) in [6.07, 6.45) is 11.9. The number of nitrogens with zero attached hydrogens (tertiary/aromatic N) is 5. The van der Waals surface area contributed by atoms with Gasteiger partial charge in [0.25, 0.3) is 5.91 Å². The van der Waals surface area contributed by atoms with Crippen molar-refractivity contribution in [2.24, 2.45) is 11.8 Å². The van der Waals surface area contributed by atoms with Crippen molar-refractivity contribution in [3.05, 3.63) is 35.9 Å². The zero-order chi connectivity index (χ0) is 23.9. The van der Waals surface area contributed by atoms with Crippen LogP contribution in [-0.2, 0) is 10.4 Å². The minimum atomic E-state index is -1.24. The summed E-state index contributed by atoms with van der Waals surface area (Å²) in [7, 11) is 0. The fourth-order valence-corrected chi connectivity index (χ4v) is 4.51. The number of carbonyl (C=O) groups excluding carboxylic acids is 2. The first-order valence-corrected chi connectivity index (χ1v) is 12.0. The van der Waals surface area contributed by atoms with E-state index < -0.39 is 5.60 Å². The minimum absolute atomic E-state index is 0.103. The smallest absolute Gasteiger partial charge is 0.261 e. The van der Waals surface area contributed by atoms with Crippen LogP contribution in [-0.4, -0.2) is 48.2 Å². The highest BCUT2D eigenvalue weighted by Gasteiger charge is 2.30. The number of aliphatic hydroxyl groups is 1. The maximum atomic E-state index is 13.2. The molecule has 0 bridgehead atoms. The molecule has 3 aromatic heterocycles. The van der Waals surface area contributed by atoms with E-state index in [0.29, 0.717) is 34.3 Å². The van der Waals surface area contributed by atoms with Gasteiger partial charge in [0.15, 0.2) is 5.65 Å². The summed E-state index contributed by atoms with van der Waals surface area (Å²) >= 11 is 0. The molecule has 0 atom stereocenters. The predicted molar refractivity (Wildman–Crippen MR) is 127 cm³/mol. The lowest BCUT2D eigenvalue weighted by molar-refractivity contribution is -0.112. The third-order valence-corrected chi connectivity index (χ3v) is 6.75. The van der Waals surface area contributed by atoms with Crippen molar-refractivity contribution in [2.45, 2.75) is 64.0 Å². The molecule has 2 aliphatic rings. The lowest BCUT2D eigenvalue weighted by Gasteiger charge is -2.25. The Kier molecular flexibility index (Phi) is 5.85. The van der Waals surface area contributed by atoms with Gasteiger partial charge in [-0.15, -0.1) is 0 Å². The Morgan fingerprint density at radius 1 is 1.24 bits per heavy atom. The molecule has 2 fully saturated rings. The van der Waals surface area contributed by atoms with Crippen LogP contribution in [0.2, 0.25) is 0 Å². The van der Waals surface area contributed by atoms with E-state index in [4.69, 9.17) is 0 Å². The molecule has 0 aromatic carbocycles. The molecule has 10 nitrogen and oxygen atoms in total. The first-order chi connectivity index (χ1) is 16.3. The Bertz CT molecular complexity index is 1200. The fraction of sp³-hybridized carbons (Fsp3) is 0.542. The number of aromatic nitrogens is 5. The number of carbonyl (C=O) groups is 2. The van der Waals surface area contributed by atoms with E-state index in [-0.39, 0.29) is 17.9 Å². The summed E-state index contributed by atoms with van der Waals surface area (Å²) < 4.78 is 3.39. The van der Waals surface area contributed by atoms with Gasteiger partial charge >= 0.3 is 0 Å². The van der Waals surface area contributed by atoms with Gasteiger partial charge in [0.2, 0.25) is 0 Å². The van der Waals surface area contributed by atoms with Gasteiger partial charge in [0.1, 0.15) is 29.0 Å². The van der Waals surface area contributed by atoms with Crippen molar-refractivity contribution in [2.75, 3.05) is 17.2 Å². The van der Waals surface area contributed by atoms with Crippen molar-refractivity contribution >= 4 is 29.3 Å². The zero-order valence-electron chi connectivity index (χ0n) is 19.6. The SMILES string of the molecule is CC(C)(O)c1nn([C@H]2CC[C@H](C=O)CC2)cc1NC(=O)c1cnn2ccc(NCC3CC3)nc12. The number of hydrogen-bond acceptors (Lipinski definition) is 7. The average Bonchev–Trinajstić information content (AvgIpc) is 3.39. The van der Waals surface area contributed by atoms with Gasteiger partial charge in [-0.1, -0.05) is 0 Å². The molecule has 3 aromatic rings. The molecule has 10 heteroatoms. The van der Waals surface area contributed by atoms with Gasteiger partial charge in [0, 0.05) is 24.9 Å². The number of aldehydes is 1. The van der Waals surface area contributed by atoms with Crippen LogP contribution in [0.4, 0.5) is 11.5 Å². The van der Waals surface area contributed by atoms with Crippen molar-refractivity contribution < 1.29 is 14.7 Å². The monoisotopic (exact) mass is 465 g/mol. The molecule has 2 saturated carbocycles. The van der Waals surface area contributed by atoms with Crippen molar-refractivity contribution in [1.29, 1.82) is 0 Å². The lowest BCUT2D eigenvalue weighted by Crippen LogP contribution is -2.22. The van der Waals surface area contributed by atoms with Crippen LogP contribution in [0.1, 0.15) is 74.5 Å². The zero-order valence-corrected chi connectivity index (χ0v) is 19.6. The van der Waals surface area contributed by atoms with Crippen LogP contribution in [0.25, 0.3) is 5.65 Å². The van der Waals surface area contributed by atoms with Crippen LogP contribution < -0.4 is 10.6 Å². The van der Waals surface area contributed by atoms with Crippen LogP contribution in [0, 0.1) is 11.8 Å². The maximum Gasteiger partial charge on any atom is 0.261 e. The minimum Gasteiger partial charge on any atom is -0.384 e. The van der Waals surface area contributed by atoms with Crippen LogP contribution in [0.3, 0.4) is 0 Å². The molecule has 0 saturated heterocycles. The van der Waals surface area contributed by atoms with Gasteiger partial charge in [-0.3, -0.25) is 9.48 Å².